The number of Topliss-reactive ketones (excluding diaryl/α,β-unsaturated/α-hetero) is 1. The molecule has 0 unspecified atom stereocenters. The predicted octanol–water partition coefficient (Wildman–Crippen LogP) is 7.46. The second kappa shape index (κ2) is 12.2. The molecule has 0 saturated carbocycles. The first-order valence-electron chi connectivity index (χ1n) is 12.6. The number of para-hydroxylation sites is 1. The number of fused-ring (bicyclic) bond motifs is 1. The molecule has 5 rings (SSSR count). The number of ketones is 1. The van der Waals surface area contributed by atoms with E-state index in [-0.39, 0.29) is 26.5 Å². The van der Waals surface area contributed by atoms with Crippen molar-refractivity contribution >= 4 is 49.8 Å². The maximum atomic E-state index is 13.5. The number of aryl methyl sites for hydroxylation is 2. The third kappa shape index (κ3) is 6.74. The van der Waals surface area contributed by atoms with Crippen molar-refractivity contribution in [3.05, 3.63) is 136 Å². The van der Waals surface area contributed by atoms with E-state index in [2.05, 4.69) is 25.2 Å². The van der Waals surface area contributed by atoms with E-state index >= 15 is 0 Å². The van der Waals surface area contributed by atoms with Gasteiger partial charge in [0.1, 0.15) is 0 Å². The van der Waals surface area contributed by atoms with Crippen LogP contribution in [0.3, 0.4) is 0 Å². The molecule has 4 aromatic rings. The molecule has 41 heavy (non-hydrogen) atoms. The lowest BCUT2D eigenvalue weighted by atomic mass is 9.94. The zero-order chi connectivity index (χ0) is 28.8. The van der Waals surface area contributed by atoms with Crippen LogP contribution in [-0.4, -0.2) is 25.1 Å². The number of amidine groups is 1. The summed E-state index contributed by atoms with van der Waals surface area (Å²) in [5.41, 5.74) is 6.57. The summed E-state index contributed by atoms with van der Waals surface area (Å²) in [6.07, 6.45) is 1.47. The van der Waals surface area contributed by atoms with E-state index in [4.69, 9.17) is 0 Å². The molecule has 1 aliphatic carbocycles. The fourth-order valence-corrected chi connectivity index (χ4v) is 6.06. The minimum absolute atomic E-state index is 0.118. The molecule has 1 N–H and O–H groups in total. The van der Waals surface area contributed by atoms with Crippen molar-refractivity contribution in [1.82, 2.24) is 0 Å². The first kappa shape index (κ1) is 27.9. The Morgan fingerprint density at radius 2 is 1.46 bits per heavy atom. The van der Waals surface area contributed by atoms with Crippen molar-refractivity contribution in [3.8, 4) is 0 Å². The number of hydrazone groups is 1. The first-order chi connectivity index (χ1) is 19.8. The molecule has 0 radical (unpaired) electrons. The van der Waals surface area contributed by atoms with Gasteiger partial charge in [-0.25, -0.2) is 0 Å². The molecule has 0 atom stereocenters. The minimum atomic E-state index is -4.08. The van der Waals surface area contributed by atoms with Crippen molar-refractivity contribution in [2.24, 2.45) is 19.7 Å². The molecular weight excluding hydrogens is 555 g/mol. The third-order valence-electron chi connectivity index (χ3n) is 6.04. The molecule has 0 amide bonds. The number of carbonyl (C=O) groups is 1. The van der Waals surface area contributed by atoms with Crippen molar-refractivity contribution in [2.75, 3.05) is 5.43 Å². The van der Waals surface area contributed by atoms with Gasteiger partial charge in [-0.15, -0.1) is 15.3 Å². The highest BCUT2D eigenvalue weighted by molar-refractivity contribution is 8.18. The van der Waals surface area contributed by atoms with E-state index in [1.54, 1.807) is 55.5 Å². The maximum absolute atomic E-state index is 13.5. The van der Waals surface area contributed by atoms with Gasteiger partial charge in [0.05, 0.1) is 26.9 Å². The number of carbonyl (C=O) groups excluding carboxylic acids is 1. The third-order valence-corrected chi connectivity index (χ3v) is 8.35. The fraction of sp³-hybridized carbons (Fsp3) is 0.0645. The van der Waals surface area contributed by atoms with Gasteiger partial charge in [-0.05, 0) is 73.1 Å². The van der Waals surface area contributed by atoms with Gasteiger partial charge in [0.2, 0.25) is 11.0 Å². The van der Waals surface area contributed by atoms with E-state index in [1.807, 2.05) is 61.5 Å². The van der Waals surface area contributed by atoms with E-state index in [0.717, 1.165) is 23.0 Å². The Kier molecular flexibility index (Phi) is 8.32. The lowest BCUT2D eigenvalue weighted by Gasteiger charge is -2.17. The molecule has 0 fully saturated rings. The highest BCUT2D eigenvalue weighted by Crippen LogP contribution is 2.32. The maximum Gasteiger partial charge on any atom is 0.283 e. The largest absolute Gasteiger partial charge is 0.288 e. The topological polar surface area (TPSA) is 113 Å². The first-order valence-corrected chi connectivity index (χ1v) is 14.9. The van der Waals surface area contributed by atoms with Crippen LogP contribution in [-0.2, 0) is 10.0 Å². The van der Waals surface area contributed by atoms with Crippen molar-refractivity contribution < 1.29 is 13.2 Å². The van der Waals surface area contributed by atoms with Gasteiger partial charge < -0.3 is 0 Å². The summed E-state index contributed by atoms with van der Waals surface area (Å²) < 4.78 is 31.1. The molecule has 1 aliphatic rings. The lowest BCUT2D eigenvalue weighted by molar-refractivity contribution is 0.104. The van der Waals surface area contributed by atoms with Crippen LogP contribution in [0, 0.1) is 13.8 Å². The summed E-state index contributed by atoms with van der Waals surface area (Å²) in [4.78, 5) is 13.9. The molecule has 204 valence electrons. The van der Waals surface area contributed by atoms with E-state index in [0.29, 0.717) is 22.4 Å². The minimum Gasteiger partial charge on any atom is -0.288 e. The number of allylic oxidation sites excluding steroid dienone is 2. The summed E-state index contributed by atoms with van der Waals surface area (Å²) in [6, 6.07) is 30.4. The van der Waals surface area contributed by atoms with Gasteiger partial charge in [-0.2, -0.15) is 12.8 Å². The predicted molar refractivity (Wildman–Crippen MR) is 165 cm³/mol. The van der Waals surface area contributed by atoms with Gasteiger partial charge in [0, 0.05) is 11.1 Å². The molecule has 0 aromatic heterocycles. The number of benzene rings is 4. The molecule has 0 saturated heterocycles. The monoisotopic (exact) mass is 579 g/mol. The van der Waals surface area contributed by atoms with E-state index < -0.39 is 10.0 Å². The van der Waals surface area contributed by atoms with Gasteiger partial charge in [0.15, 0.2) is 0 Å². The highest BCUT2D eigenvalue weighted by atomic mass is 32.2. The van der Waals surface area contributed by atoms with Crippen LogP contribution < -0.4 is 5.43 Å². The highest BCUT2D eigenvalue weighted by Gasteiger charge is 2.28. The number of sulfonamides is 1. The molecule has 8 nitrogen and oxygen atoms in total. The van der Waals surface area contributed by atoms with Gasteiger partial charge in [-0.3, -0.25) is 10.2 Å². The lowest BCUT2D eigenvalue weighted by Crippen LogP contribution is -2.18. The molecule has 4 aromatic carbocycles. The summed E-state index contributed by atoms with van der Waals surface area (Å²) in [5, 5.41) is 13.1. The summed E-state index contributed by atoms with van der Waals surface area (Å²) in [5.74, 6) is -0.295. The van der Waals surface area contributed by atoms with E-state index in [9.17, 15) is 13.2 Å². The van der Waals surface area contributed by atoms with Crippen molar-refractivity contribution in [1.29, 1.82) is 0 Å². The zero-order valence-corrected chi connectivity index (χ0v) is 23.9. The Labute approximate surface area is 242 Å². The Morgan fingerprint density at radius 3 is 2.20 bits per heavy atom. The van der Waals surface area contributed by atoms with Crippen molar-refractivity contribution in [3.63, 3.8) is 0 Å². The molecule has 0 aliphatic heterocycles. The Balaban J connectivity index is 1.56. The Bertz CT molecular complexity index is 1830. The number of nitrogens with zero attached hydrogens (tertiary/aromatic N) is 4. The van der Waals surface area contributed by atoms with Crippen LogP contribution >= 0.6 is 11.8 Å². The molecule has 0 spiro atoms. The number of azo groups is 1. The second-order valence-corrected chi connectivity index (χ2v) is 11.7. The summed E-state index contributed by atoms with van der Waals surface area (Å²) >= 11 is 0.970. The van der Waals surface area contributed by atoms with Gasteiger partial charge >= 0.3 is 0 Å². The molecule has 0 bridgehead atoms. The summed E-state index contributed by atoms with van der Waals surface area (Å²) in [6.45, 7) is 3.55. The Hall–Kier alpha value is -4.67. The Morgan fingerprint density at radius 1 is 0.805 bits per heavy atom. The fourth-order valence-electron chi connectivity index (χ4n) is 4.00. The van der Waals surface area contributed by atoms with Crippen LogP contribution in [0.15, 0.2) is 139 Å². The van der Waals surface area contributed by atoms with Crippen LogP contribution in [0.1, 0.15) is 27.0 Å². The standard InChI is InChI=1S/C31H25N5O3S2/c1-21-17-18-22(2)29(19-21)41(38,39)36-27-20-28(30(37)26-16-10-9-15-25(26)27)40-31(34-32-23-11-5-3-6-12-23)35-33-24-13-7-4-8-14-24/h3-20,32H,1-2H3/b34-31-,35-33?,36-27?. The van der Waals surface area contributed by atoms with E-state index in [1.165, 1.54) is 6.08 Å². The average Bonchev–Trinajstić information content (AvgIpc) is 2.99. The van der Waals surface area contributed by atoms with Crippen LogP contribution in [0.5, 0.6) is 0 Å². The smallest absolute Gasteiger partial charge is 0.283 e. The molecule has 10 heteroatoms. The number of rotatable bonds is 6. The SMILES string of the molecule is Cc1ccc(C)c(S(=O)(=O)N=C2C=C(S/C(N=Nc3ccccc3)=N\Nc3ccccc3)C(=O)c3ccccc32)c1. The summed E-state index contributed by atoms with van der Waals surface area (Å²) in [7, 11) is -4.08. The van der Waals surface area contributed by atoms with Crippen LogP contribution in [0.2, 0.25) is 0 Å². The zero-order valence-electron chi connectivity index (χ0n) is 22.2. The van der Waals surface area contributed by atoms with Crippen molar-refractivity contribution in [2.45, 2.75) is 18.7 Å². The number of thioether (sulfide) groups is 1. The number of nitrogens with one attached hydrogen (secondary N) is 1. The second-order valence-electron chi connectivity index (χ2n) is 9.11. The van der Waals surface area contributed by atoms with Crippen LogP contribution in [0.25, 0.3) is 0 Å². The van der Waals surface area contributed by atoms with Crippen LogP contribution in [0.4, 0.5) is 11.4 Å². The quantitative estimate of drug-likeness (QED) is 0.110. The average molecular weight is 580 g/mol. The van der Waals surface area contributed by atoms with Gasteiger partial charge in [0.25, 0.3) is 10.0 Å². The number of hydrogen-bond acceptors (Lipinski definition) is 7. The molecular formula is C31H25N5O3S2. The molecule has 0 heterocycles. The number of hydrogen-bond donors (Lipinski definition) is 1. The van der Waals surface area contributed by atoms with Gasteiger partial charge in [-0.1, -0.05) is 72.8 Å². The normalized spacial score (nSPS) is 14.7. The number of anilines is 1.